The molecule has 2 aromatic rings. The van der Waals surface area contributed by atoms with E-state index in [2.05, 4.69) is 15.9 Å². The van der Waals surface area contributed by atoms with Crippen molar-refractivity contribution in [3.63, 3.8) is 0 Å². The molecule has 0 aliphatic rings. The average molecular weight is 347 g/mol. The van der Waals surface area contributed by atoms with Gasteiger partial charge in [-0.25, -0.2) is 8.78 Å². The van der Waals surface area contributed by atoms with Gasteiger partial charge >= 0.3 is 0 Å². The predicted molar refractivity (Wildman–Crippen MR) is 73.4 cm³/mol. The van der Waals surface area contributed by atoms with Crippen LogP contribution in [-0.4, -0.2) is 5.78 Å². The fraction of sp³-hybridized carbons (Fsp3) is 0. The second-order valence-electron chi connectivity index (χ2n) is 3.81. The van der Waals surface area contributed by atoms with E-state index < -0.39 is 17.4 Å². The maximum absolute atomic E-state index is 13.7. The Morgan fingerprint density at radius 2 is 1.79 bits per heavy atom. The van der Waals surface area contributed by atoms with Gasteiger partial charge in [0.2, 0.25) is 0 Å². The summed E-state index contributed by atoms with van der Waals surface area (Å²) >= 11 is 8.71. The quantitative estimate of drug-likeness (QED) is 0.503. The highest BCUT2D eigenvalue weighted by atomic mass is 79.9. The van der Waals surface area contributed by atoms with Crippen molar-refractivity contribution >= 4 is 39.0 Å². The lowest BCUT2D eigenvalue weighted by Crippen LogP contribution is -2.06. The van der Waals surface area contributed by atoms with Crippen LogP contribution in [0.15, 0.2) is 34.8 Å². The van der Waals surface area contributed by atoms with E-state index in [0.717, 1.165) is 12.1 Å². The SMILES string of the molecule is Nc1ccc(C(=O)c2cc(F)c(Br)cc2F)c(Cl)c1. The highest BCUT2D eigenvalue weighted by molar-refractivity contribution is 9.10. The Hall–Kier alpha value is -1.46. The van der Waals surface area contributed by atoms with Crippen molar-refractivity contribution in [3.8, 4) is 0 Å². The van der Waals surface area contributed by atoms with Gasteiger partial charge in [0.1, 0.15) is 11.6 Å². The molecule has 98 valence electrons. The van der Waals surface area contributed by atoms with Gasteiger partial charge in [-0.15, -0.1) is 0 Å². The van der Waals surface area contributed by atoms with E-state index in [-0.39, 0.29) is 20.6 Å². The standard InChI is InChI=1S/C13H7BrClF2NO/c14-9-5-11(16)8(4-12(9)17)13(19)7-2-1-6(18)3-10(7)15/h1-5H,18H2. The van der Waals surface area contributed by atoms with Crippen molar-refractivity contribution in [2.24, 2.45) is 0 Å². The van der Waals surface area contributed by atoms with E-state index in [4.69, 9.17) is 17.3 Å². The topological polar surface area (TPSA) is 43.1 Å². The zero-order chi connectivity index (χ0) is 14.2. The molecular weight excluding hydrogens is 340 g/mol. The van der Waals surface area contributed by atoms with Gasteiger partial charge in [-0.05, 0) is 46.3 Å². The van der Waals surface area contributed by atoms with Gasteiger partial charge in [-0.2, -0.15) is 0 Å². The molecule has 6 heteroatoms. The molecule has 2 rings (SSSR count). The number of halogens is 4. The summed E-state index contributed by atoms with van der Waals surface area (Å²) in [7, 11) is 0. The third kappa shape index (κ3) is 2.77. The van der Waals surface area contributed by atoms with Crippen LogP contribution < -0.4 is 5.73 Å². The largest absolute Gasteiger partial charge is 0.399 e. The van der Waals surface area contributed by atoms with Crippen LogP contribution in [0.2, 0.25) is 5.02 Å². The van der Waals surface area contributed by atoms with E-state index >= 15 is 0 Å². The lowest BCUT2D eigenvalue weighted by Gasteiger charge is -2.06. The molecule has 0 saturated heterocycles. The molecule has 0 spiro atoms. The van der Waals surface area contributed by atoms with Gasteiger partial charge < -0.3 is 5.73 Å². The molecule has 0 radical (unpaired) electrons. The molecule has 0 amide bonds. The summed E-state index contributed by atoms with van der Waals surface area (Å²) in [5.74, 6) is -2.25. The highest BCUT2D eigenvalue weighted by Gasteiger charge is 2.19. The van der Waals surface area contributed by atoms with Crippen LogP contribution in [0.5, 0.6) is 0 Å². The Labute approximate surface area is 121 Å². The van der Waals surface area contributed by atoms with Crippen LogP contribution in [0.25, 0.3) is 0 Å². The van der Waals surface area contributed by atoms with Gasteiger partial charge in [0, 0.05) is 11.3 Å². The van der Waals surface area contributed by atoms with Crippen LogP contribution in [0.3, 0.4) is 0 Å². The molecule has 0 aliphatic heterocycles. The molecule has 0 unspecified atom stereocenters. The first-order chi connectivity index (χ1) is 8.90. The lowest BCUT2D eigenvalue weighted by molar-refractivity contribution is 0.103. The Balaban J connectivity index is 2.53. The lowest BCUT2D eigenvalue weighted by atomic mass is 10.0. The first-order valence-electron chi connectivity index (χ1n) is 5.14. The summed E-state index contributed by atoms with van der Waals surface area (Å²) in [6.07, 6.45) is 0. The normalized spacial score (nSPS) is 10.5. The zero-order valence-electron chi connectivity index (χ0n) is 9.38. The van der Waals surface area contributed by atoms with Crippen LogP contribution in [0.4, 0.5) is 14.5 Å². The van der Waals surface area contributed by atoms with E-state index in [1.165, 1.54) is 18.2 Å². The number of hydrogen-bond donors (Lipinski definition) is 1. The number of nitrogens with two attached hydrogens (primary N) is 1. The second-order valence-corrected chi connectivity index (χ2v) is 5.08. The number of nitrogen functional groups attached to an aromatic ring is 1. The number of ketones is 1. The summed E-state index contributed by atoms with van der Waals surface area (Å²) in [4.78, 5) is 12.1. The molecule has 19 heavy (non-hydrogen) atoms. The van der Waals surface area contributed by atoms with Crippen LogP contribution in [-0.2, 0) is 0 Å². The van der Waals surface area contributed by atoms with Crippen molar-refractivity contribution in [2.45, 2.75) is 0 Å². The summed E-state index contributed by atoms with van der Waals surface area (Å²) in [5.41, 5.74) is 5.57. The number of carbonyl (C=O) groups excluding carboxylic acids is 1. The minimum atomic E-state index is -0.828. The Kier molecular flexibility index (Phi) is 3.87. The minimum absolute atomic E-state index is 0.0510. The van der Waals surface area contributed by atoms with E-state index in [0.29, 0.717) is 5.69 Å². The number of hydrogen-bond acceptors (Lipinski definition) is 2. The van der Waals surface area contributed by atoms with E-state index in [1.807, 2.05) is 0 Å². The van der Waals surface area contributed by atoms with E-state index in [9.17, 15) is 13.6 Å². The summed E-state index contributed by atoms with van der Waals surface area (Å²) in [6, 6.07) is 5.94. The molecule has 2 nitrogen and oxygen atoms in total. The summed E-state index contributed by atoms with van der Waals surface area (Å²) < 4.78 is 27.0. The van der Waals surface area contributed by atoms with Gasteiger partial charge in [-0.3, -0.25) is 4.79 Å². The maximum atomic E-state index is 13.7. The van der Waals surface area contributed by atoms with Crippen molar-refractivity contribution in [3.05, 3.63) is 62.6 Å². The van der Waals surface area contributed by atoms with E-state index in [1.54, 1.807) is 0 Å². The minimum Gasteiger partial charge on any atom is -0.399 e. The summed E-state index contributed by atoms with van der Waals surface area (Å²) in [5, 5.41) is 0.0905. The fourth-order valence-electron chi connectivity index (χ4n) is 1.56. The number of carbonyl (C=O) groups is 1. The molecule has 0 bridgehead atoms. The maximum Gasteiger partial charge on any atom is 0.197 e. The first-order valence-corrected chi connectivity index (χ1v) is 6.31. The smallest absolute Gasteiger partial charge is 0.197 e. The van der Waals surface area contributed by atoms with Gasteiger partial charge in [0.25, 0.3) is 0 Å². The fourth-order valence-corrected chi connectivity index (χ4v) is 2.15. The van der Waals surface area contributed by atoms with Crippen molar-refractivity contribution < 1.29 is 13.6 Å². The van der Waals surface area contributed by atoms with Crippen molar-refractivity contribution in [1.29, 1.82) is 0 Å². The van der Waals surface area contributed by atoms with Crippen LogP contribution in [0.1, 0.15) is 15.9 Å². The molecule has 0 saturated carbocycles. The van der Waals surface area contributed by atoms with Crippen molar-refractivity contribution in [1.82, 2.24) is 0 Å². The average Bonchev–Trinajstić information content (AvgIpc) is 2.33. The van der Waals surface area contributed by atoms with Gasteiger partial charge in [0.05, 0.1) is 15.1 Å². The first kappa shape index (κ1) is 14.0. The molecule has 0 heterocycles. The molecule has 0 fully saturated rings. The molecular formula is C13H7BrClF2NO. The highest BCUT2D eigenvalue weighted by Crippen LogP contribution is 2.26. The van der Waals surface area contributed by atoms with Crippen LogP contribution in [0, 0.1) is 11.6 Å². The third-order valence-corrected chi connectivity index (χ3v) is 3.41. The summed E-state index contributed by atoms with van der Waals surface area (Å²) in [6.45, 7) is 0. The molecule has 2 aromatic carbocycles. The molecule has 2 N–H and O–H groups in total. The zero-order valence-corrected chi connectivity index (χ0v) is 11.7. The molecule has 0 aromatic heterocycles. The van der Waals surface area contributed by atoms with Gasteiger partial charge in [0.15, 0.2) is 5.78 Å². The second kappa shape index (κ2) is 5.27. The number of rotatable bonds is 2. The Morgan fingerprint density at radius 1 is 1.11 bits per heavy atom. The predicted octanol–water partition coefficient (Wildman–Crippen LogP) is 4.19. The Morgan fingerprint density at radius 3 is 2.42 bits per heavy atom. The monoisotopic (exact) mass is 345 g/mol. The number of benzene rings is 2. The number of anilines is 1. The molecule has 0 aliphatic carbocycles. The van der Waals surface area contributed by atoms with Crippen LogP contribution >= 0.6 is 27.5 Å². The Bertz CT molecular complexity index is 676. The van der Waals surface area contributed by atoms with Crippen molar-refractivity contribution in [2.75, 3.05) is 5.73 Å². The third-order valence-electron chi connectivity index (χ3n) is 2.49. The molecule has 0 atom stereocenters. The van der Waals surface area contributed by atoms with Gasteiger partial charge in [-0.1, -0.05) is 11.6 Å².